The maximum Gasteiger partial charge on any atom is 0.0730 e. The average molecular weight is 233 g/mol. The third-order valence-electron chi connectivity index (χ3n) is 3.87. The number of aliphatic hydroxyl groups is 1. The van der Waals surface area contributed by atoms with E-state index in [2.05, 4.69) is 24.4 Å². The molecule has 0 bridgehead atoms. The predicted molar refractivity (Wildman–Crippen MR) is 71.1 cm³/mol. The Balaban J connectivity index is 1.80. The van der Waals surface area contributed by atoms with Gasteiger partial charge in [0.1, 0.15) is 0 Å². The van der Waals surface area contributed by atoms with Gasteiger partial charge < -0.3 is 10.4 Å². The quantitative estimate of drug-likeness (QED) is 0.819. The number of rotatable bonds is 5. The van der Waals surface area contributed by atoms with E-state index >= 15 is 0 Å². The average Bonchev–Trinajstić information content (AvgIpc) is 2.89. The maximum absolute atomic E-state index is 10.2. The number of benzene rings is 1. The lowest BCUT2D eigenvalue weighted by Crippen LogP contribution is -2.36. The zero-order valence-electron chi connectivity index (χ0n) is 10.6. The van der Waals surface area contributed by atoms with Gasteiger partial charge in [0.25, 0.3) is 0 Å². The summed E-state index contributed by atoms with van der Waals surface area (Å²) in [6, 6.07) is 10.9. The molecule has 0 saturated heterocycles. The molecule has 0 radical (unpaired) electrons. The highest BCUT2D eigenvalue weighted by atomic mass is 16.3. The molecule has 0 heterocycles. The van der Waals surface area contributed by atoms with Crippen molar-refractivity contribution in [3.05, 3.63) is 35.9 Å². The van der Waals surface area contributed by atoms with E-state index < -0.39 is 0 Å². The van der Waals surface area contributed by atoms with E-state index in [0.29, 0.717) is 12.6 Å². The predicted octanol–water partition coefficient (Wildman–Crippen LogP) is 2.68. The first-order chi connectivity index (χ1) is 8.27. The SMILES string of the molecule is CC(c1ccccc1)C(O)CNC1CCCC1. The highest BCUT2D eigenvalue weighted by molar-refractivity contribution is 5.19. The van der Waals surface area contributed by atoms with Crippen LogP contribution in [-0.4, -0.2) is 23.8 Å². The Hall–Kier alpha value is -0.860. The van der Waals surface area contributed by atoms with Crippen molar-refractivity contribution in [2.75, 3.05) is 6.54 Å². The number of hydrogen-bond acceptors (Lipinski definition) is 2. The molecule has 17 heavy (non-hydrogen) atoms. The molecule has 1 aliphatic rings. The van der Waals surface area contributed by atoms with Crippen LogP contribution in [0.5, 0.6) is 0 Å². The third kappa shape index (κ3) is 3.55. The van der Waals surface area contributed by atoms with E-state index in [9.17, 15) is 5.11 Å². The summed E-state index contributed by atoms with van der Waals surface area (Å²) in [5.41, 5.74) is 1.22. The first kappa shape index (κ1) is 12.6. The molecule has 0 aliphatic heterocycles. The summed E-state index contributed by atoms with van der Waals surface area (Å²) in [6.07, 6.45) is 4.92. The summed E-state index contributed by atoms with van der Waals surface area (Å²) in [4.78, 5) is 0. The molecule has 94 valence electrons. The van der Waals surface area contributed by atoms with E-state index in [1.807, 2.05) is 18.2 Å². The molecule has 1 aliphatic carbocycles. The van der Waals surface area contributed by atoms with Crippen LogP contribution in [-0.2, 0) is 0 Å². The van der Waals surface area contributed by atoms with Crippen molar-refractivity contribution in [2.45, 2.75) is 50.7 Å². The van der Waals surface area contributed by atoms with Crippen LogP contribution in [0.2, 0.25) is 0 Å². The second kappa shape index (κ2) is 6.18. The van der Waals surface area contributed by atoms with Crippen molar-refractivity contribution < 1.29 is 5.11 Å². The minimum atomic E-state index is -0.294. The van der Waals surface area contributed by atoms with Gasteiger partial charge in [-0.05, 0) is 18.4 Å². The Morgan fingerprint density at radius 2 is 1.88 bits per heavy atom. The van der Waals surface area contributed by atoms with Crippen molar-refractivity contribution in [2.24, 2.45) is 0 Å². The van der Waals surface area contributed by atoms with Gasteiger partial charge in [-0.1, -0.05) is 50.1 Å². The van der Waals surface area contributed by atoms with E-state index in [4.69, 9.17) is 0 Å². The van der Waals surface area contributed by atoms with Crippen molar-refractivity contribution in [3.8, 4) is 0 Å². The van der Waals surface area contributed by atoms with Crippen LogP contribution in [0.4, 0.5) is 0 Å². The molecule has 1 aromatic carbocycles. The number of nitrogens with one attached hydrogen (secondary N) is 1. The van der Waals surface area contributed by atoms with Gasteiger partial charge in [0.05, 0.1) is 6.10 Å². The van der Waals surface area contributed by atoms with Crippen LogP contribution in [0.15, 0.2) is 30.3 Å². The van der Waals surface area contributed by atoms with Gasteiger partial charge in [0, 0.05) is 18.5 Å². The highest BCUT2D eigenvalue weighted by Crippen LogP contribution is 2.20. The van der Waals surface area contributed by atoms with Crippen LogP contribution in [0.25, 0.3) is 0 Å². The Bertz CT molecular complexity index is 319. The molecule has 2 unspecified atom stereocenters. The van der Waals surface area contributed by atoms with Crippen LogP contribution < -0.4 is 5.32 Å². The molecular weight excluding hydrogens is 210 g/mol. The molecule has 1 saturated carbocycles. The molecule has 2 nitrogen and oxygen atoms in total. The second-order valence-electron chi connectivity index (χ2n) is 5.16. The number of aliphatic hydroxyl groups excluding tert-OH is 1. The largest absolute Gasteiger partial charge is 0.391 e. The lowest BCUT2D eigenvalue weighted by atomic mass is 9.95. The molecule has 2 heteroatoms. The fourth-order valence-electron chi connectivity index (χ4n) is 2.57. The van der Waals surface area contributed by atoms with Gasteiger partial charge >= 0.3 is 0 Å². The molecule has 2 rings (SSSR count). The lowest BCUT2D eigenvalue weighted by Gasteiger charge is -2.21. The first-order valence-corrected chi connectivity index (χ1v) is 6.74. The molecule has 1 fully saturated rings. The first-order valence-electron chi connectivity index (χ1n) is 6.74. The van der Waals surface area contributed by atoms with Crippen molar-refractivity contribution in [1.82, 2.24) is 5.32 Å². The highest BCUT2D eigenvalue weighted by Gasteiger charge is 2.19. The summed E-state index contributed by atoms with van der Waals surface area (Å²) in [7, 11) is 0. The normalized spacial score (nSPS) is 20.4. The molecule has 1 aromatic rings. The lowest BCUT2D eigenvalue weighted by molar-refractivity contribution is 0.143. The summed E-state index contributed by atoms with van der Waals surface area (Å²) in [5.74, 6) is 0.199. The van der Waals surface area contributed by atoms with Crippen molar-refractivity contribution >= 4 is 0 Å². The summed E-state index contributed by atoms with van der Waals surface area (Å²) < 4.78 is 0. The molecule has 0 spiro atoms. The summed E-state index contributed by atoms with van der Waals surface area (Å²) >= 11 is 0. The zero-order valence-corrected chi connectivity index (χ0v) is 10.6. The molecule has 0 aromatic heterocycles. The topological polar surface area (TPSA) is 32.3 Å². The van der Waals surface area contributed by atoms with Gasteiger partial charge in [-0.25, -0.2) is 0 Å². The van der Waals surface area contributed by atoms with Crippen molar-refractivity contribution in [1.29, 1.82) is 0 Å². The standard InChI is InChI=1S/C15H23NO/c1-12(13-7-3-2-4-8-13)15(17)11-16-14-9-5-6-10-14/h2-4,7-8,12,14-17H,5-6,9-11H2,1H3. The maximum atomic E-state index is 10.2. The van der Waals surface area contributed by atoms with E-state index in [-0.39, 0.29) is 12.0 Å². The summed E-state index contributed by atoms with van der Waals surface area (Å²) in [6.45, 7) is 2.80. The fraction of sp³-hybridized carbons (Fsp3) is 0.600. The second-order valence-corrected chi connectivity index (χ2v) is 5.16. The van der Waals surface area contributed by atoms with Crippen LogP contribution in [0.1, 0.15) is 44.1 Å². The fourth-order valence-corrected chi connectivity index (χ4v) is 2.57. The Kier molecular flexibility index (Phi) is 4.57. The van der Waals surface area contributed by atoms with Gasteiger partial charge in [0.2, 0.25) is 0 Å². The third-order valence-corrected chi connectivity index (χ3v) is 3.87. The molecular formula is C15H23NO. The Morgan fingerprint density at radius 1 is 1.24 bits per heavy atom. The van der Waals surface area contributed by atoms with Gasteiger partial charge in [0.15, 0.2) is 0 Å². The number of hydrogen-bond donors (Lipinski definition) is 2. The smallest absolute Gasteiger partial charge is 0.0730 e. The molecule has 0 amide bonds. The van der Waals surface area contributed by atoms with Gasteiger partial charge in [-0.15, -0.1) is 0 Å². The monoisotopic (exact) mass is 233 g/mol. The van der Waals surface area contributed by atoms with E-state index in [1.54, 1.807) is 0 Å². The van der Waals surface area contributed by atoms with E-state index in [1.165, 1.54) is 31.2 Å². The minimum absolute atomic E-state index is 0.199. The summed E-state index contributed by atoms with van der Waals surface area (Å²) in [5, 5.41) is 13.7. The Labute approximate surface area is 104 Å². The van der Waals surface area contributed by atoms with Crippen LogP contribution >= 0.6 is 0 Å². The Morgan fingerprint density at radius 3 is 2.53 bits per heavy atom. The van der Waals surface area contributed by atoms with E-state index in [0.717, 1.165) is 0 Å². The van der Waals surface area contributed by atoms with Crippen molar-refractivity contribution in [3.63, 3.8) is 0 Å². The van der Waals surface area contributed by atoms with Crippen LogP contribution in [0.3, 0.4) is 0 Å². The van der Waals surface area contributed by atoms with Gasteiger partial charge in [-0.3, -0.25) is 0 Å². The van der Waals surface area contributed by atoms with Crippen LogP contribution in [0, 0.1) is 0 Å². The molecule has 2 N–H and O–H groups in total. The van der Waals surface area contributed by atoms with Gasteiger partial charge in [-0.2, -0.15) is 0 Å². The molecule has 2 atom stereocenters. The minimum Gasteiger partial charge on any atom is -0.391 e. The zero-order chi connectivity index (χ0) is 12.1.